The lowest BCUT2D eigenvalue weighted by Gasteiger charge is -2.32. The number of furan rings is 1. The Labute approximate surface area is 171 Å². The number of benzene rings is 1. The lowest BCUT2D eigenvalue weighted by Crippen LogP contribution is -2.46. The number of hydrogen-bond donors (Lipinski definition) is 2. The van der Waals surface area contributed by atoms with Gasteiger partial charge in [0, 0.05) is 25.0 Å². The van der Waals surface area contributed by atoms with Crippen LogP contribution in [0.15, 0.2) is 28.7 Å². The van der Waals surface area contributed by atoms with Crippen molar-refractivity contribution in [3.63, 3.8) is 0 Å². The molecule has 28 heavy (non-hydrogen) atoms. The van der Waals surface area contributed by atoms with Crippen LogP contribution >= 0.6 is 12.4 Å². The summed E-state index contributed by atoms with van der Waals surface area (Å²) in [5.41, 5.74) is 1.82. The summed E-state index contributed by atoms with van der Waals surface area (Å²) in [5.74, 6) is 0.723. The van der Waals surface area contributed by atoms with E-state index in [1.165, 1.54) is 0 Å². The Balaban J connectivity index is 0.00000225. The van der Waals surface area contributed by atoms with Crippen molar-refractivity contribution in [1.82, 2.24) is 15.5 Å². The SMILES string of the molecule is Cc1cccc2cc(C(=O)N3CCCC(CNC(=O)C4CCCN4)C3)oc12.Cl. The molecule has 0 radical (unpaired) electrons. The van der Waals surface area contributed by atoms with E-state index in [1.54, 1.807) is 0 Å². The zero-order valence-electron chi connectivity index (χ0n) is 16.2. The first kappa shape index (κ1) is 20.7. The molecule has 4 rings (SSSR count). The van der Waals surface area contributed by atoms with Gasteiger partial charge in [0.15, 0.2) is 5.76 Å². The lowest BCUT2D eigenvalue weighted by atomic mass is 9.97. The summed E-state index contributed by atoms with van der Waals surface area (Å²) in [6.07, 6.45) is 3.95. The van der Waals surface area contributed by atoms with Gasteiger partial charge in [-0.25, -0.2) is 0 Å². The third-order valence-electron chi connectivity index (χ3n) is 5.70. The molecule has 0 saturated carbocycles. The van der Waals surface area contributed by atoms with Crippen LogP contribution in [0.3, 0.4) is 0 Å². The Bertz CT molecular complexity index is 845. The topological polar surface area (TPSA) is 74.6 Å². The Morgan fingerprint density at radius 3 is 2.89 bits per heavy atom. The van der Waals surface area contributed by atoms with Gasteiger partial charge in [0.25, 0.3) is 5.91 Å². The summed E-state index contributed by atoms with van der Waals surface area (Å²) < 4.78 is 5.85. The minimum absolute atomic E-state index is 0. The van der Waals surface area contributed by atoms with Crippen molar-refractivity contribution < 1.29 is 14.0 Å². The molecule has 0 aliphatic carbocycles. The van der Waals surface area contributed by atoms with E-state index in [0.29, 0.717) is 24.8 Å². The molecule has 2 amide bonds. The Hall–Kier alpha value is -2.05. The van der Waals surface area contributed by atoms with E-state index < -0.39 is 0 Å². The summed E-state index contributed by atoms with van der Waals surface area (Å²) in [4.78, 5) is 27.0. The van der Waals surface area contributed by atoms with Crippen LogP contribution in [0.5, 0.6) is 0 Å². The molecule has 2 fully saturated rings. The molecule has 2 atom stereocenters. The molecule has 1 aromatic heterocycles. The largest absolute Gasteiger partial charge is 0.451 e. The number of aryl methyl sites for hydroxylation is 1. The van der Waals surface area contributed by atoms with Gasteiger partial charge in [-0.3, -0.25) is 9.59 Å². The number of amides is 2. The normalized spacial score (nSPS) is 22.1. The lowest BCUT2D eigenvalue weighted by molar-refractivity contribution is -0.123. The standard InChI is InChI=1S/C21H27N3O3.ClH/c1-14-5-2-7-16-11-18(27-19(14)16)21(26)24-10-4-6-15(13-24)12-23-20(25)17-8-3-9-22-17;/h2,5,7,11,15,17,22H,3-4,6,8-10,12-13H2,1H3,(H,23,25);1H. The molecule has 6 nitrogen and oxygen atoms in total. The molecule has 2 unspecified atom stereocenters. The zero-order valence-corrected chi connectivity index (χ0v) is 17.0. The number of nitrogens with one attached hydrogen (secondary N) is 2. The summed E-state index contributed by atoms with van der Waals surface area (Å²) >= 11 is 0. The van der Waals surface area contributed by atoms with Gasteiger partial charge >= 0.3 is 0 Å². The second kappa shape index (κ2) is 8.97. The smallest absolute Gasteiger partial charge is 0.289 e. The molecule has 7 heteroatoms. The van der Waals surface area contributed by atoms with Crippen LogP contribution in [-0.4, -0.2) is 48.9 Å². The highest BCUT2D eigenvalue weighted by atomic mass is 35.5. The summed E-state index contributed by atoms with van der Waals surface area (Å²) in [7, 11) is 0. The third kappa shape index (κ3) is 4.33. The van der Waals surface area contributed by atoms with E-state index >= 15 is 0 Å². The van der Waals surface area contributed by atoms with Crippen molar-refractivity contribution >= 4 is 35.2 Å². The monoisotopic (exact) mass is 405 g/mol. The zero-order chi connectivity index (χ0) is 18.8. The second-order valence-electron chi connectivity index (χ2n) is 7.76. The van der Waals surface area contributed by atoms with Crippen molar-refractivity contribution in [1.29, 1.82) is 0 Å². The van der Waals surface area contributed by atoms with Crippen LogP contribution in [0.1, 0.15) is 41.8 Å². The molecule has 2 saturated heterocycles. The van der Waals surface area contributed by atoms with Crippen LogP contribution < -0.4 is 10.6 Å². The third-order valence-corrected chi connectivity index (χ3v) is 5.70. The number of hydrogen-bond acceptors (Lipinski definition) is 4. The summed E-state index contributed by atoms with van der Waals surface area (Å²) in [6, 6.07) is 7.71. The Kier molecular flexibility index (Phi) is 6.62. The average molecular weight is 406 g/mol. The number of likely N-dealkylation sites (tertiary alicyclic amines) is 1. The van der Waals surface area contributed by atoms with Gasteiger partial charge < -0.3 is 20.0 Å². The predicted octanol–water partition coefficient (Wildman–Crippen LogP) is 2.88. The summed E-state index contributed by atoms with van der Waals surface area (Å²) in [6.45, 7) is 4.93. The molecule has 0 spiro atoms. The van der Waals surface area contributed by atoms with Gasteiger partial charge in [-0.05, 0) is 56.7 Å². The first-order valence-electron chi connectivity index (χ1n) is 9.91. The fourth-order valence-corrected chi connectivity index (χ4v) is 4.16. The molecule has 152 valence electrons. The highest BCUT2D eigenvalue weighted by Gasteiger charge is 2.28. The fraction of sp³-hybridized carbons (Fsp3) is 0.524. The maximum absolute atomic E-state index is 12.9. The molecular weight excluding hydrogens is 378 g/mol. The Morgan fingerprint density at radius 1 is 1.29 bits per heavy atom. The highest BCUT2D eigenvalue weighted by molar-refractivity contribution is 5.96. The number of nitrogens with zero attached hydrogens (tertiary/aromatic N) is 1. The maximum Gasteiger partial charge on any atom is 0.289 e. The van der Waals surface area contributed by atoms with Gasteiger partial charge in [-0.1, -0.05) is 18.2 Å². The number of para-hydroxylation sites is 1. The van der Waals surface area contributed by atoms with Gasteiger partial charge in [0.1, 0.15) is 5.58 Å². The minimum Gasteiger partial charge on any atom is -0.451 e. The molecule has 2 N–H and O–H groups in total. The molecular formula is C21H28ClN3O3. The van der Waals surface area contributed by atoms with Gasteiger partial charge in [-0.15, -0.1) is 12.4 Å². The van der Waals surface area contributed by atoms with Crippen LogP contribution in [0.25, 0.3) is 11.0 Å². The van der Waals surface area contributed by atoms with Gasteiger partial charge in [0.05, 0.1) is 6.04 Å². The average Bonchev–Trinajstić information content (AvgIpc) is 3.36. The van der Waals surface area contributed by atoms with Crippen molar-refractivity contribution in [3.8, 4) is 0 Å². The second-order valence-corrected chi connectivity index (χ2v) is 7.76. The van der Waals surface area contributed by atoms with Crippen LogP contribution in [0.4, 0.5) is 0 Å². The number of carbonyl (C=O) groups is 2. The fourth-order valence-electron chi connectivity index (χ4n) is 4.16. The van der Waals surface area contributed by atoms with E-state index in [2.05, 4.69) is 10.6 Å². The molecule has 2 aromatic rings. The van der Waals surface area contributed by atoms with E-state index in [9.17, 15) is 9.59 Å². The number of rotatable bonds is 4. The van der Waals surface area contributed by atoms with Crippen molar-refractivity contribution in [2.45, 2.75) is 38.6 Å². The van der Waals surface area contributed by atoms with Crippen LogP contribution in [0.2, 0.25) is 0 Å². The van der Waals surface area contributed by atoms with E-state index in [4.69, 9.17) is 4.42 Å². The number of halogens is 1. The molecule has 2 aliphatic heterocycles. The molecule has 1 aromatic carbocycles. The Morgan fingerprint density at radius 2 is 2.14 bits per heavy atom. The number of carbonyl (C=O) groups excluding carboxylic acids is 2. The quantitative estimate of drug-likeness (QED) is 0.820. The van der Waals surface area contributed by atoms with Crippen LogP contribution in [-0.2, 0) is 4.79 Å². The predicted molar refractivity (Wildman–Crippen MR) is 111 cm³/mol. The highest BCUT2D eigenvalue weighted by Crippen LogP contribution is 2.25. The molecule has 2 aliphatic rings. The maximum atomic E-state index is 12.9. The van der Waals surface area contributed by atoms with E-state index in [0.717, 1.165) is 55.3 Å². The van der Waals surface area contributed by atoms with E-state index in [-0.39, 0.29) is 30.3 Å². The minimum atomic E-state index is -0.0564. The molecule has 0 bridgehead atoms. The first-order chi connectivity index (χ1) is 13.1. The van der Waals surface area contributed by atoms with Crippen molar-refractivity contribution in [3.05, 3.63) is 35.6 Å². The first-order valence-corrected chi connectivity index (χ1v) is 9.91. The number of fused-ring (bicyclic) bond motifs is 1. The number of piperidine rings is 1. The molecule has 3 heterocycles. The van der Waals surface area contributed by atoms with E-state index in [1.807, 2.05) is 36.1 Å². The van der Waals surface area contributed by atoms with Crippen molar-refractivity contribution in [2.24, 2.45) is 5.92 Å². The van der Waals surface area contributed by atoms with Gasteiger partial charge in [0.2, 0.25) is 5.91 Å². The van der Waals surface area contributed by atoms with Crippen LogP contribution in [0, 0.1) is 12.8 Å². The van der Waals surface area contributed by atoms with Crippen molar-refractivity contribution in [2.75, 3.05) is 26.2 Å². The summed E-state index contributed by atoms with van der Waals surface area (Å²) in [5, 5.41) is 7.24. The van der Waals surface area contributed by atoms with Gasteiger partial charge in [-0.2, -0.15) is 0 Å².